The number of nitrogens with one attached hydrogen (secondary N) is 1. The fraction of sp³-hybridized carbons (Fsp3) is 0.571. The summed E-state index contributed by atoms with van der Waals surface area (Å²) >= 11 is 0. The second-order valence-electron chi connectivity index (χ2n) is 4.68. The van der Waals surface area contributed by atoms with E-state index in [9.17, 15) is 0 Å². The second-order valence-corrected chi connectivity index (χ2v) is 4.68. The number of nitrogen functional groups attached to an aromatic ring is 1. The number of hydrogen-bond donors (Lipinski definition) is 2. The quantitative estimate of drug-likeness (QED) is 0.552. The Hall–Kier alpha value is -1.46. The van der Waals surface area contributed by atoms with Gasteiger partial charge in [0, 0.05) is 32.4 Å². The molecule has 0 aliphatic carbocycles. The topological polar surface area (TPSA) is 75.2 Å². The van der Waals surface area contributed by atoms with Crippen LogP contribution in [0.1, 0.15) is 31.5 Å². The molecule has 0 fully saturated rings. The first kappa shape index (κ1) is 15.6. The number of rotatable bonds is 8. The fourth-order valence-electron chi connectivity index (χ4n) is 1.88. The zero-order valence-corrected chi connectivity index (χ0v) is 12.0. The lowest BCUT2D eigenvalue weighted by atomic mass is 10.1. The first-order valence-corrected chi connectivity index (χ1v) is 6.60. The lowest BCUT2D eigenvalue weighted by molar-refractivity contribution is 0.118. The summed E-state index contributed by atoms with van der Waals surface area (Å²) in [4.78, 5) is 6.44. The Kier molecular flexibility index (Phi) is 6.45. The Bertz CT molecular complexity index is 408. The molecular weight excluding hydrogens is 240 g/mol. The maximum Gasteiger partial charge on any atom is 0.141 e. The maximum absolute atomic E-state index is 7.43. The van der Waals surface area contributed by atoms with Gasteiger partial charge in [0.2, 0.25) is 0 Å². The number of aromatic nitrogens is 1. The standard InChI is InChI=1S/C14H24N4O/c1-4-11(2)18(7-8-19-3)10-12-5-6-17-13(9-12)14(15)16/h5-6,9,11H,4,7-8,10H2,1-3H3,(H3,15,16). The van der Waals surface area contributed by atoms with E-state index in [1.807, 2.05) is 12.1 Å². The van der Waals surface area contributed by atoms with E-state index in [-0.39, 0.29) is 5.84 Å². The van der Waals surface area contributed by atoms with E-state index in [0.717, 1.165) is 31.7 Å². The molecule has 0 aromatic carbocycles. The SMILES string of the molecule is CCC(C)N(CCOC)Cc1ccnc(C(=N)N)c1. The highest BCUT2D eigenvalue weighted by molar-refractivity contribution is 5.93. The smallest absolute Gasteiger partial charge is 0.141 e. The van der Waals surface area contributed by atoms with Gasteiger partial charge in [-0.1, -0.05) is 6.92 Å². The minimum absolute atomic E-state index is 0.00818. The molecule has 1 aromatic heterocycles. The molecule has 1 rings (SSSR count). The zero-order valence-electron chi connectivity index (χ0n) is 12.0. The van der Waals surface area contributed by atoms with Gasteiger partial charge in [-0.15, -0.1) is 0 Å². The van der Waals surface area contributed by atoms with Crippen molar-refractivity contribution in [3.8, 4) is 0 Å². The van der Waals surface area contributed by atoms with E-state index >= 15 is 0 Å². The fourth-order valence-corrected chi connectivity index (χ4v) is 1.88. The van der Waals surface area contributed by atoms with Crippen LogP contribution >= 0.6 is 0 Å². The van der Waals surface area contributed by atoms with Crippen molar-refractivity contribution in [3.05, 3.63) is 29.6 Å². The highest BCUT2D eigenvalue weighted by Crippen LogP contribution is 2.11. The van der Waals surface area contributed by atoms with E-state index < -0.39 is 0 Å². The average Bonchev–Trinajstić information content (AvgIpc) is 2.42. The molecule has 3 N–H and O–H groups in total. The van der Waals surface area contributed by atoms with Crippen molar-refractivity contribution >= 4 is 5.84 Å². The average molecular weight is 264 g/mol. The molecule has 0 bridgehead atoms. The van der Waals surface area contributed by atoms with Crippen LogP contribution in [0.2, 0.25) is 0 Å². The Morgan fingerprint density at radius 2 is 2.32 bits per heavy atom. The Morgan fingerprint density at radius 3 is 2.89 bits per heavy atom. The summed E-state index contributed by atoms with van der Waals surface area (Å²) in [5.74, 6) is 0.00818. The minimum atomic E-state index is 0.00818. The summed E-state index contributed by atoms with van der Waals surface area (Å²) in [6.07, 6.45) is 2.80. The van der Waals surface area contributed by atoms with Crippen LogP contribution in [-0.4, -0.2) is 42.0 Å². The molecular formula is C14H24N4O. The monoisotopic (exact) mass is 264 g/mol. The largest absolute Gasteiger partial charge is 0.383 e. The molecule has 106 valence electrons. The van der Waals surface area contributed by atoms with Crippen molar-refractivity contribution in [2.75, 3.05) is 20.3 Å². The number of methoxy groups -OCH3 is 1. The van der Waals surface area contributed by atoms with E-state index in [0.29, 0.717) is 11.7 Å². The predicted octanol–water partition coefficient (Wildman–Crippen LogP) is 1.61. The summed E-state index contributed by atoms with van der Waals surface area (Å²) in [5.41, 5.74) is 7.12. The Balaban J connectivity index is 2.77. The van der Waals surface area contributed by atoms with Gasteiger partial charge in [-0.05, 0) is 31.0 Å². The lowest BCUT2D eigenvalue weighted by Crippen LogP contribution is -2.35. The van der Waals surface area contributed by atoms with E-state index in [4.69, 9.17) is 15.9 Å². The summed E-state index contributed by atoms with van der Waals surface area (Å²) < 4.78 is 5.16. The van der Waals surface area contributed by atoms with Crippen LogP contribution in [-0.2, 0) is 11.3 Å². The molecule has 1 atom stereocenters. The minimum Gasteiger partial charge on any atom is -0.383 e. The number of nitrogens with two attached hydrogens (primary N) is 1. The summed E-state index contributed by atoms with van der Waals surface area (Å²) in [6.45, 7) is 6.82. The van der Waals surface area contributed by atoms with Gasteiger partial charge in [0.15, 0.2) is 0 Å². The summed E-state index contributed by atoms with van der Waals surface area (Å²) in [7, 11) is 1.72. The highest BCUT2D eigenvalue weighted by Gasteiger charge is 2.13. The van der Waals surface area contributed by atoms with Crippen LogP contribution in [0.3, 0.4) is 0 Å². The summed E-state index contributed by atoms with van der Waals surface area (Å²) in [5, 5.41) is 7.43. The Labute approximate surface area is 115 Å². The maximum atomic E-state index is 7.43. The molecule has 1 aromatic rings. The highest BCUT2D eigenvalue weighted by atomic mass is 16.5. The number of nitrogens with zero attached hydrogens (tertiary/aromatic N) is 2. The molecule has 0 aliphatic rings. The van der Waals surface area contributed by atoms with Crippen LogP contribution in [0.5, 0.6) is 0 Å². The predicted molar refractivity (Wildman–Crippen MR) is 77.3 cm³/mol. The molecule has 0 radical (unpaired) electrons. The van der Waals surface area contributed by atoms with Gasteiger partial charge in [0.25, 0.3) is 0 Å². The normalized spacial score (nSPS) is 12.6. The number of pyridine rings is 1. The summed E-state index contributed by atoms with van der Waals surface area (Å²) in [6, 6.07) is 4.34. The number of hydrogen-bond acceptors (Lipinski definition) is 4. The Morgan fingerprint density at radius 1 is 1.58 bits per heavy atom. The lowest BCUT2D eigenvalue weighted by Gasteiger charge is -2.28. The molecule has 0 saturated heterocycles. The molecule has 5 nitrogen and oxygen atoms in total. The molecule has 0 amide bonds. The third kappa shape index (κ3) is 4.96. The molecule has 0 spiro atoms. The third-order valence-corrected chi connectivity index (χ3v) is 3.28. The van der Waals surface area contributed by atoms with Gasteiger partial charge in [0.1, 0.15) is 11.5 Å². The third-order valence-electron chi connectivity index (χ3n) is 3.28. The van der Waals surface area contributed by atoms with Crippen LogP contribution in [0.25, 0.3) is 0 Å². The zero-order chi connectivity index (χ0) is 14.3. The van der Waals surface area contributed by atoms with Crippen molar-refractivity contribution in [2.24, 2.45) is 5.73 Å². The van der Waals surface area contributed by atoms with Crippen molar-refractivity contribution in [2.45, 2.75) is 32.9 Å². The van der Waals surface area contributed by atoms with Crippen molar-refractivity contribution in [1.29, 1.82) is 5.41 Å². The molecule has 5 heteroatoms. The number of amidine groups is 1. The van der Waals surface area contributed by atoms with Gasteiger partial charge in [-0.2, -0.15) is 0 Å². The van der Waals surface area contributed by atoms with Crippen molar-refractivity contribution in [1.82, 2.24) is 9.88 Å². The van der Waals surface area contributed by atoms with Gasteiger partial charge in [-0.25, -0.2) is 0 Å². The van der Waals surface area contributed by atoms with Crippen LogP contribution in [0.4, 0.5) is 0 Å². The van der Waals surface area contributed by atoms with E-state index in [2.05, 4.69) is 23.7 Å². The first-order valence-electron chi connectivity index (χ1n) is 6.60. The van der Waals surface area contributed by atoms with Gasteiger partial charge in [-0.3, -0.25) is 15.3 Å². The van der Waals surface area contributed by atoms with Gasteiger partial charge >= 0.3 is 0 Å². The van der Waals surface area contributed by atoms with Gasteiger partial charge < -0.3 is 10.5 Å². The van der Waals surface area contributed by atoms with E-state index in [1.165, 1.54) is 0 Å². The van der Waals surface area contributed by atoms with Crippen molar-refractivity contribution in [3.63, 3.8) is 0 Å². The molecule has 0 aliphatic heterocycles. The van der Waals surface area contributed by atoms with E-state index in [1.54, 1.807) is 13.3 Å². The first-order chi connectivity index (χ1) is 9.08. The molecule has 19 heavy (non-hydrogen) atoms. The van der Waals surface area contributed by atoms with Crippen LogP contribution < -0.4 is 5.73 Å². The molecule has 1 unspecified atom stereocenters. The van der Waals surface area contributed by atoms with Crippen LogP contribution in [0.15, 0.2) is 18.3 Å². The van der Waals surface area contributed by atoms with Crippen molar-refractivity contribution < 1.29 is 4.74 Å². The number of ether oxygens (including phenoxy) is 1. The van der Waals surface area contributed by atoms with Crippen LogP contribution in [0, 0.1) is 5.41 Å². The molecule has 1 heterocycles. The van der Waals surface area contributed by atoms with Gasteiger partial charge in [0.05, 0.1) is 6.61 Å². The second kappa shape index (κ2) is 7.86. The molecule has 0 saturated carbocycles.